The van der Waals surface area contributed by atoms with Gasteiger partial charge in [-0.3, -0.25) is 0 Å². The standard InChI is InChI=1S/C14H16N2O2S2/c1-10-7-11(15-9-19)8-12(13(10)17-2)14(20)16-3-5-18-6-4-16/h7-8H,3-6H2,1-2H3. The second-order valence-corrected chi connectivity index (χ2v) is 5.02. The van der Waals surface area contributed by atoms with E-state index in [0.717, 1.165) is 40.6 Å². The van der Waals surface area contributed by atoms with Gasteiger partial charge >= 0.3 is 0 Å². The Morgan fingerprint density at radius 2 is 2.10 bits per heavy atom. The van der Waals surface area contributed by atoms with Crippen LogP contribution in [-0.4, -0.2) is 48.5 Å². The number of thiocarbonyl (C=S) groups is 2. The number of hydrogen-bond acceptors (Lipinski definition) is 5. The van der Waals surface area contributed by atoms with Gasteiger partial charge in [0, 0.05) is 13.1 Å². The normalized spacial score (nSPS) is 14.6. The van der Waals surface area contributed by atoms with E-state index in [1.165, 1.54) is 0 Å². The number of rotatable bonds is 3. The van der Waals surface area contributed by atoms with E-state index < -0.39 is 0 Å². The number of aryl methyl sites for hydroxylation is 1. The molecule has 6 heteroatoms. The van der Waals surface area contributed by atoms with Gasteiger partial charge in [-0.1, -0.05) is 12.2 Å². The third-order valence-corrected chi connectivity index (χ3v) is 3.74. The fourth-order valence-electron chi connectivity index (χ4n) is 2.24. The minimum atomic E-state index is 0.694. The van der Waals surface area contributed by atoms with Crippen LogP contribution in [0.4, 0.5) is 5.69 Å². The maximum atomic E-state index is 5.60. The Morgan fingerprint density at radius 1 is 1.40 bits per heavy atom. The van der Waals surface area contributed by atoms with Crippen LogP contribution in [0.1, 0.15) is 11.1 Å². The molecule has 0 unspecified atom stereocenters. The molecule has 0 aliphatic carbocycles. The first kappa shape index (κ1) is 15.1. The summed E-state index contributed by atoms with van der Waals surface area (Å²) in [5.41, 5.74) is 2.59. The quantitative estimate of drug-likeness (QED) is 0.633. The summed E-state index contributed by atoms with van der Waals surface area (Å²) in [4.78, 5) is 6.92. The molecule has 2 rings (SSSR count). The molecule has 20 heavy (non-hydrogen) atoms. The van der Waals surface area contributed by atoms with E-state index in [0.29, 0.717) is 13.2 Å². The first-order valence-electron chi connectivity index (χ1n) is 6.31. The topological polar surface area (TPSA) is 34.1 Å². The molecule has 1 aliphatic heterocycles. The van der Waals surface area contributed by atoms with Crippen LogP contribution in [-0.2, 0) is 4.74 Å². The first-order valence-corrected chi connectivity index (χ1v) is 7.12. The average molecular weight is 308 g/mol. The van der Waals surface area contributed by atoms with Crippen molar-refractivity contribution in [3.8, 4) is 5.75 Å². The van der Waals surface area contributed by atoms with Gasteiger partial charge in [-0.25, -0.2) is 0 Å². The molecule has 1 heterocycles. The third kappa shape index (κ3) is 3.22. The van der Waals surface area contributed by atoms with Crippen molar-refractivity contribution in [3.63, 3.8) is 0 Å². The zero-order valence-electron chi connectivity index (χ0n) is 11.5. The van der Waals surface area contributed by atoms with Crippen molar-refractivity contribution in [3.05, 3.63) is 23.3 Å². The van der Waals surface area contributed by atoms with E-state index in [4.69, 9.17) is 21.7 Å². The number of aliphatic imine (C=N–C) groups is 1. The van der Waals surface area contributed by atoms with Gasteiger partial charge in [-0.2, -0.15) is 4.99 Å². The van der Waals surface area contributed by atoms with Crippen LogP contribution in [0.2, 0.25) is 0 Å². The number of hydrogen-bond donors (Lipinski definition) is 0. The summed E-state index contributed by atoms with van der Waals surface area (Å²) in [5.74, 6) is 0.782. The molecule has 0 radical (unpaired) electrons. The minimum Gasteiger partial charge on any atom is -0.496 e. The SMILES string of the molecule is COc1c(C)cc(N=C=S)cc1C(=S)N1CCOCC1. The first-order chi connectivity index (χ1) is 9.67. The molecule has 0 amide bonds. The van der Waals surface area contributed by atoms with Crippen molar-refractivity contribution in [2.75, 3.05) is 33.4 Å². The van der Waals surface area contributed by atoms with Crippen LogP contribution >= 0.6 is 24.4 Å². The lowest BCUT2D eigenvalue weighted by Gasteiger charge is -2.30. The van der Waals surface area contributed by atoms with Crippen LogP contribution in [0.25, 0.3) is 0 Å². The lowest BCUT2D eigenvalue weighted by atomic mass is 10.1. The number of morpholine rings is 1. The van der Waals surface area contributed by atoms with Crippen LogP contribution < -0.4 is 4.74 Å². The van der Waals surface area contributed by atoms with Crippen molar-refractivity contribution in [1.29, 1.82) is 0 Å². The molecule has 0 spiro atoms. The van der Waals surface area contributed by atoms with Gasteiger partial charge in [0.25, 0.3) is 0 Å². The van der Waals surface area contributed by atoms with Gasteiger partial charge in [0.05, 0.1) is 36.7 Å². The smallest absolute Gasteiger partial charge is 0.132 e. The second-order valence-electron chi connectivity index (χ2n) is 4.45. The number of benzene rings is 1. The molecule has 0 N–H and O–H groups in total. The van der Waals surface area contributed by atoms with Crippen molar-refractivity contribution in [2.24, 2.45) is 4.99 Å². The third-order valence-electron chi connectivity index (χ3n) is 3.17. The summed E-state index contributed by atoms with van der Waals surface area (Å²) in [6.07, 6.45) is 0. The summed E-state index contributed by atoms with van der Waals surface area (Å²) in [6, 6.07) is 3.80. The maximum Gasteiger partial charge on any atom is 0.132 e. The van der Waals surface area contributed by atoms with Crippen molar-refractivity contribution >= 4 is 40.3 Å². The van der Waals surface area contributed by atoms with Crippen LogP contribution in [0.5, 0.6) is 5.75 Å². The molecule has 0 aromatic heterocycles. The van der Waals surface area contributed by atoms with Gasteiger partial charge in [-0.05, 0) is 36.8 Å². The van der Waals surface area contributed by atoms with Crippen molar-refractivity contribution in [1.82, 2.24) is 4.90 Å². The Bertz CT molecular complexity index is 563. The van der Waals surface area contributed by atoms with Gasteiger partial charge in [0.2, 0.25) is 0 Å². The fraction of sp³-hybridized carbons (Fsp3) is 0.429. The Morgan fingerprint density at radius 3 is 2.70 bits per heavy atom. The number of methoxy groups -OCH3 is 1. The lowest BCUT2D eigenvalue weighted by Crippen LogP contribution is -2.40. The molecule has 1 fully saturated rings. The monoisotopic (exact) mass is 308 g/mol. The summed E-state index contributed by atoms with van der Waals surface area (Å²) in [7, 11) is 1.65. The highest BCUT2D eigenvalue weighted by atomic mass is 32.1. The van der Waals surface area contributed by atoms with Crippen LogP contribution in [0, 0.1) is 6.92 Å². The van der Waals surface area contributed by atoms with Crippen LogP contribution in [0.15, 0.2) is 17.1 Å². The second kappa shape index (κ2) is 6.90. The molecule has 0 saturated carbocycles. The molecule has 1 aromatic rings. The highest BCUT2D eigenvalue weighted by molar-refractivity contribution is 7.80. The average Bonchev–Trinajstić information content (AvgIpc) is 2.47. The number of nitrogens with zero attached hydrogens (tertiary/aromatic N) is 2. The molecule has 0 bridgehead atoms. The van der Waals surface area contributed by atoms with Gasteiger partial charge < -0.3 is 14.4 Å². The predicted octanol–water partition coefficient (Wildman–Crippen LogP) is 2.75. The molecule has 106 valence electrons. The number of ether oxygens (including phenoxy) is 2. The van der Waals surface area contributed by atoms with E-state index in [-0.39, 0.29) is 0 Å². The van der Waals surface area contributed by atoms with E-state index in [9.17, 15) is 0 Å². The Kier molecular flexibility index (Phi) is 5.20. The summed E-state index contributed by atoms with van der Waals surface area (Å²) >= 11 is 10.3. The summed E-state index contributed by atoms with van der Waals surface area (Å²) in [6.45, 7) is 4.94. The Labute approximate surface area is 129 Å². The van der Waals surface area contributed by atoms with E-state index in [1.54, 1.807) is 7.11 Å². The zero-order valence-corrected chi connectivity index (χ0v) is 13.1. The zero-order chi connectivity index (χ0) is 14.5. The van der Waals surface area contributed by atoms with E-state index in [1.807, 2.05) is 19.1 Å². The summed E-state index contributed by atoms with van der Waals surface area (Å²) < 4.78 is 10.8. The Hall–Kier alpha value is -1.33. The summed E-state index contributed by atoms with van der Waals surface area (Å²) in [5, 5.41) is 2.39. The maximum absolute atomic E-state index is 5.60. The lowest BCUT2D eigenvalue weighted by molar-refractivity contribution is 0.0692. The van der Waals surface area contributed by atoms with Crippen molar-refractivity contribution < 1.29 is 9.47 Å². The molecule has 1 aliphatic rings. The highest BCUT2D eigenvalue weighted by Gasteiger charge is 2.20. The minimum absolute atomic E-state index is 0.694. The Balaban J connectivity index is 2.41. The molecule has 4 nitrogen and oxygen atoms in total. The molecule has 1 saturated heterocycles. The van der Waals surface area contributed by atoms with Gasteiger partial charge in [0.15, 0.2) is 0 Å². The highest BCUT2D eigenvalue weighted by Crippen LogP contribution is 2.30. The molecular formula is C14H16N2O2S2. The molecular weight excluding hydrogens is 292 g/mol. The van der Waals surface area contributed by atoms with Crippen LogP contribution in [0.3, 0.4) is 0 Å². The number of isothiocyanates is 1. The van der Waals surface area contributed by atoms with E-state index in [2.05, 4.69) is 27.3 Å². The largest absolute Gasteiger partial charge is 0.496 e. The molecule has 0 atom stereocenters. The van der Waals surface area contributed by atoms with Crippen molar-refractivity contribution in [2.45, 2.75) is 6.92 Å². The van der Waals surface area contributed by atoms with E-state index >= 15 is 0 Å². The predicted molar refractivity (Wildman–Crippen MR) is 86.5 cm³/mol. The van der Waals surface area contributed by atoms with Gasteiger partial charge in [0.1, 0.15) is 10.7 Å². The molecule has 1 aromatic carbocycles. The van der Waals surface area contributed by atoms with Gasteiger partial charge in [-0.15, -0.1) is 0 Å². The fourth-order valence-corrected chi connectivity index (χ4v) is 2.68.